The number of hydrogen-bond acceptors (Lipinski definition) is 3. The molecule has 0 saturated heterocycles. The van der Waals surface area contributed by atoms with Crippen molar-refractivity contribution in [3.8, 4) is 11.5 Å². The normalized spacial score (nSPS) is 10.6. The molecule has 0 aliphatic carbocycles. The van der Waals surface area contributed by atoms with Gasteiger partial charge < -0.3 is 14.8 Å². The first-order valence-corrected chi connectivity index (χ1v) is 9.56. The fourth-order valence-corrected chi connectivity index (χ4v) is 2.97. The van der Waals surface area contributed by atoms with Crippen molar-refractivity contribution in [1.82, 2.24) is 0 Å². The Morgan fingerprint density at radius 1 is 0.964 bits per heavy atom. The molecule has 0 aromatic heterocycles. The monoisotopic (exact) mass is 399 g/mol. The Balaban J connectivity index is 1.69. The average Bonchev–Trinajstić information content (AvgIpc) is 2.69. The molecular formula is C23H23ClFNO2. The summed E-state index contributed by atoms with van der Waals surface area (Å²) in [5, 5.41) is 3.33. The minimum Gasteiger partial charge on any atom is -0.490 e. The van der Waals surface area contributed by atoms with Crippen LogP contribution in [-0.2, 0) is 13.2 Å². The first-order chi connectivity index (χ1) is 13.6. The molecule has 3 nitrogen and oxygen atoms in total. The van der Waals surface area contributed by atoms with E-state index < -0.39 is 5.82 Å². The SMILES string of the molecule is CCOc1cc(CNc2ccc(F)c(Cl)c2)ccc1OCc1ccccc1C. The zero-order valence-corrected chi connectivity index (χ0v) is 16.7. The van der Waals surface area contributed by atoms with Crippen LogP contribution in [0.5, 0.6) is 11.5 Å². The molecule has 0 spiro atoms. The van der Waals surface area contributed by atoms with Crippen LogP contribution in [0.3, 0.4) is 0 Å². The summed E-state index contributed by atoms with van der Waals surface area (Å²) in [6.45, 7) is 5.60. The summed E-state index contributed by atoms with van der Waals surface area (Å²) in [4.78, 5) is 0. The molecule has 0 aliphatic heterocycles. The number of nitrogens with one attached hydrogen (secondary N) is 1. The van der Waals surface area contributed by atoms with Crippen LogP contribution in [0.25, 0.3) is 0 Å². The minimum atomic E-state index is -0.430. The van der Waals surface area contributed by atoms with Gasteiger partial charge in [0.25, 0.3) is 0 Å². The van der Waals surface area contributed by atoms with Crippen LogP contribution in [0.1, 0.15) is 23.6 Å². The Morgan fingerprint density at radius 2 is 1.79 bits per heavy atom. The van der Waals surface area contributed by atoms with E-state index in [9.17, 15) is 4.39 Å². The van der Waals surface area contributed by atoms with Gasteiger partial charge in [0.2, 0.25) is 0 Å². The van der Waals surface area contributed by atoms with Crippen molar-refractivity contribution >= 4 is 17.3 Å². The second-order valence-corrected chi connectivity index (χ2v) is 6.82. The van der Waals surface area contributed by atoms with Gasteiger partial charge >= 0.3 is 0 Å². The van der Waals surface area contributed by atoms with Gasteiger partial charge in [-0.1, -0.05) is 41.9 Å². The molecule has 0 radical (unpaired) electrons. The van der Waals surface area contributed by atoms with E-state index >= 15 is 0 Å². The van der Waals surface area contributed by atoms with Crippen molar-refractivity contribution in [2.75, 3.05) is 11.9 Å². The van der Waals surface area contributed by atoms with Gasteiger partial charge in [0.15, 0.2) is 11.5 Å². The minimum absolute atomic E-state index is 0.0972. The number of ether oxygens (including phenoxy) is 2. The van der Waals surface area contributed by atoms with E-state index in [1.165, 1.54) is 11.6 Å². The molecule has 3 aromatic carbocycles. The van der Waals surface area contributed by atoms with Crippen LogP contribution >= 0.6 is 11.6 Å². The molecule has 1 N–H and O–H groups in total. The molecule has 0 saturated carbocycles. The Bertz CT molecular complexity index is 946. The molecule has 5 heteroatoms. The molecule has 3 rings (SSSR count). The molecule has 0 amide bonds. The predicted molar refractivity (Wildman–Crippen MR) is 112 cm³/mol. The smallest absolute Gasteiger partial charge is 0.161 e. The largest absolute Gasteiger partial charge is 0.490 e. The van der Waals surface area contributed by atoms with Gasteiger partial charge in [0.05, 0.1) is 11.6 Å². The van der Waals surface area contributed by atoms with E-state index in [1.807, 2.05) is 37.3 Å². The summed E-state index contributed by atoms with van der Waals surface area (Å²) >= 11 is 5.83. The second-order valence-electron chi connectivity index (χ2n) is 6.41. The molecule has 0 bridgehead atoms. The van der Waals surface area contributed by atoms with Gasteiger partial charge in [-0.2, -0.15) is 0 Å². The molecule has 146 valence electrons. The lowest BCUT2D eigenvalue weighted by Gasteiger charge is -2.15. The molecule has 0 fully saturated rings. The highest BCUT2D eigenvalue weighted by Crippen LogP contribution is 2.30. The van der Waals surface area contributed by atoms with Crippen molar-refractivity contribution in [1.29, 1.82) is 0 Å². The fourth-order valence-electron chi connectivity index (χ4n) is 2.79. The summed E-state index contributed by atoms with van der Waals surface area (Å²) in [7, 11) is 0. The number of benzene rings is 3. The van der Waals surface area contributed by atoms with Crippen molar-refractivity contribution in [3.63, 3.8) is 0 Å². The van der Waals surface area contributed by atoms with E-state index in [0.717, 1.165) is 16.8 Å². The molecular weight excluding hydrogens is 377 g/mol. The Kier molecular flexibility index (Phi) is 6.77. The van der Waals surface area contributed by atoms with Gasteiger partial charge in [-0.15, -0.1) is 0 Å². The van der Waals surface area contributed by atoms with Crippen LogP contribution in [0.15, 0.2) is 60.7 Å². The lowest BCUT2D eigenvalue weighted by atomic mass is 10.1. The van der Waals surface area contributed by atoms with E-state index in [-0.39, 0.29) is 5.02 Å². The van der Waals surface area contributed by atoms with Crippen LogP contribution in [0, 0.1) is 12.7 Å². The van der Waals surface area contributed by atoms with Crippen LogP contribution < -0.4 is 14.8 Å². The lowest BCUT2D eigenvalue weighted by Crippen LogP contribution is -2.03. The third-order valence-corrected chi connectivity index (χ3v) is 4.66. The standard InChI is InChI=1S/C23H23ClFNO2/c1-3-27-23-12-17(14-26-19-9-10-21(25)20(24)13-19)8-11-22(23)28-15-18-7-5-4-6-16(18)2/h4-13,26H,3,14-15H2,1-2H3. The second kappa shape index (κ2) is 9.47. The Morgan fingerprint density at radius 3 is 2.54 bits per heavy atom. The van der Waals surface area contributed by atoms with E-state index in [1.54, 1.807) is 12.1 Å². The Hall–Kier alpha value is -2.72. The summed E-state index contributed by atoms with van der Waals surface area (Å²) in [5.41, 5.74) is 4.11. The highest BCUT2D eigenvalue weighted by Gasteiger charge is 2.08. The van der Waals surface area contributed by atoms with Crippen molar-refractivity contribution in [2.24, 2.45) is 0 Å². The first-order valence-electron chi connectivity index (χ1n) is 9.18. The maximum absolute atomic E-state index is 13.3. The van der Waals surface area contributed by atoms with E-state index in [0.29, 0.717) is 31.3 Å². The highest BCUT2D eigenvalue weighted by atomic mass is 35.5. The number of anilines is 1. The average molecular weight is 400 g/mol. The number of rotatable bonds is 8. The quantitative estimate of drug-likeness (QED) is 0.477. The molecule has 3 aromatic rings. The molecule has 0 heterocycles. The van der Waals surface area contributed by atoms with Gasteiger partial charge in [0, 0.05) is 12.2 Å². The lowest BCUT2D eigenvalue weighted by molar-refractivity contribution is 0.268. The third-order valence-electron chi connectivity index (χ3n) is 4.37. The number of hydrogen-bond donors (Lipinski definition) is 1. The van der Waals surface area contributed by atoms with Gasteiger partial charge in [-0.05, 0) is 60.9 Å². The molecule has 0 aliphatic rings. The number of halogens is 2. The third kappa shape index (κ3) is 5.17. The summed E-state index contributed by atoms with van der Waals surface area (Å²) in [6.07, 6.45) is 0. The molecule has 0 unspecified atom stereocenters. The van der Waals surface area contributed by atoms with E-state index in [2.05, 4.69) is 24.4 Å². The van der Waals surface area contributed by atoms with Crippen LogP contribution in [0.2, 0.25) is 5.02 Å². The Labute approximate surface area is 170 Å². The number of aryl methyl sites for hydroxylation is 1. The summed E-state index contributed by atoms with van der Waals surface area (Å²) < 4.78 is 25.0. The zero-order chi connectivity index (χ0) is 19.9. The fraction of sp³-hybridized carbons (Fsp3) is 0.217. The first kappa shape index (κ1) is 20.0. The maximum Gasteiger partial charge on any atom is 0.161 e. The molecule has 28 heavy (non-hydrogen) atoms. The topological polar surface area (TPSA) is 30.5 Å². The van der Waals surface area contributed by atoms with Gasteiger partial charge in [0.1, 0.15) is 12.4 Å². The van der Waals surface area contributed by atoms with Gasteiger partial charge in [-0.3, -0.25) is 0 Å². The predicted octanol–water partition coefficient (Wildman–Crippen LogP) is 6.38. The zero-order valence-electron chi connectivity index (χ0n) is 16.0. The van der Waals surface area contributed by atoms with Crippen LogP contribution in [-0.4, -0.2) is 6.61 Å². The van der Waals surface area contributed by atoms with Gasteiger partial charge in [-0.25, -0.2) is 4.39 Å². The highest BCUT2D eigenvalue weighted by molar-refractivity contribution is 6.31. The van der Waals surface area contributed by atoms with Crippen molar-refractivity contribution in [2.45, 2.75) is 27.0 Å². The molecule has 0 atom stereocenters. The van der Waals surface area contributed by atoms with E-state index in [4.69, 9.17) is 21.1 Å². The summed E-state index contributed by atoms with van der Waals surface area (Å²) in [5.74, 6) is 0.979. The van der Waals surface area contributed by atoms with Crippen molar-refractivity contribution in [3.05, 3.63) is 88.2 Å². The maximum atomic E-state index is 13.3. The van der Waals surface area contributed by atoms with Crippen LogP contribution in [0.4, 0.5) is 10.1 Å². The van der Waals surface area contributed by atoms with Crippen molar-refractivity contribution < 1.29 is 13.9 Å². The summed E-state index contributed by atoms with van der Waals surface area (Å²) in [6, 6.07) is 18.6.